The third kappa shape index (κ3) is 11.3. The van der Waals surface area contributed by atoms with Gasteiger partial charge in [0.25, 0.3) is 0 Å². The molecule has 3 fully saturated rings. The Kier molecular flexibility index (Phi) is 16.6. The van der Waals surface area contributed by atoms with Crippen LogP contribution in [0.15, 0.2) is 0 Å². The number of rotatable bonds is 6. The lowest BCUT2D eigenvalue weighted by Gasteiger charge is -2.34. The summed E-state index contributed by atoms with van der Waals surface area (Å²) < 4.78 is 0. The zero-order chi connectivity index (χ0) is 41.5. The first kappa shape index (κ1) is 45.8. The summed E-state index contributed by atoms with van der Waals surface area (Å²) in [4.78, 5) is 112. The number of nitrogens with one attached hydrogen (secondary N) is 6. The molecule has 3 rings (SSSR count). The van der Waals surface area contributed by atoms with Gasteiger partial charge in [-0.2, -0.15) is 0 Å². The second-order valence-electron chi connectivity index (χ2n) is 15.2. The van der Waals surface area contributed by atoms with Gasteiger partial charge < -0.3 is 51.9 Å². The lowest BCUT2D eigenvalue weighted by atomic mass is 9.96. The van der Waals surface area contributed by atoms with E-state index < -0.39 is 126 Å². The van der Waals surface area contributed by atoms with Crippen LogP contribution in [-0.2, 0) is 38.4 Å². The van der Waals surface area contributed by atoms with Gasteiger partial charge >= 0.3 is 0 Å². The Morgan fingerprint density at radius 1 is 0.545 bits per heavy atom. The Hall–Kier alpha value is -3.62. The van der Waals surface area contributed by atoms with Crippen LogP contribution in [0.4, 0.5) is 0 Å². The van der Waals surface area contributed by atoms with E-state index >= 15 is 0 Å². The van der Waals surface area contributed by atoms with Gasteiger partial charge in [-0.3, -0.25) is 38.4 Å². The van der Waals surface area contributed by atoms with Gasteiger partial charge in [0.15, 0.2) is 0 Å². The average Bonchev–Trinajstić information content (AvgIpc) is 3.82. The lowest BCUT2D eigenvalue weighted by Crippen LogP contribution is -2.64. The standard InChI is InChI=1S/C35H58N8O10S2/c1-10-17(6)25-31(49)41-27(20(9)45)33(51)38-23(15(2)3)34(52)42-13-54-11-21(42)29(47)36-18(7)28(46)40-26(19(8)44)32(50)37-24(16(4)5)35(53)43-14-55-12-22(43)30(48)39-25/h15-27,44-45H,10-14H2,1-9H3,(H,36,47)(H,37,50)(H,38,51)(H,39,48)(H,40,46)(H,41,49)/t17-,18-,19-,20-,21-,22-,23+,24+,25-,26-,27-/m0/s1. The minimum absolute atomic E-state index is 0.0976. The van der Waals surface area contributed by atoms with Gasteiger partial charge in [0.1, 0.15) is 48.3 Å². The van der Waals surface area contributed by atoms with E-state index in [4.69, 9.17) is 0 Å². The van der Waals surface area contributed by atoms with Crippen molar-refractivity contribution in [3.8, 4) is 0 Å². The zero-order valence-corrected chi connectivity index (χ0v) is 34.5. The van der Waals surface area contributed by atoms with E-state index in [0.717, 1.165) is 0 Å². The molecule has 8 amide bonds. The van der Waals surface area contributed by atoms with Crippen LogP contribution in [0.2, 0.25) is 0 Å². The summed E-state index contributed by atoms with van der Waals surface area (Å²) in [5, 5.41) is 36.8. The summed E-state index contributed by atoms with van der Waals surface area (Å²) in [6, 6.07) is -9.94. The SMILES string of the molecule is CC[C@H](C)[C@@H]1NC(=O)[C@@H]2CSCN2C(=O)[C@@H](C(C)C)NC(=O)[C@H]([C@H](C)O)NC(=O)[C@H](C)NC(=O)[C@@H]2CSCN2C(=O)[C@@H](C(C)C)NC(=O)[C@H]([C@H](C)O)NC1=O. The van der Waals surface area contributed by atoms with E-state index in [0.29, 0.717) is 6.42 Å². The van der Waals surface area contributed by atoms with Crippen LogP contribution in [0.25, 0.3) is 0 Å². The van der Waals surface area contributed by atoms with E-state index in [-0.39, 0.29) is 23.3 Å². The van der Waals surface area contributed by atoms with Crippen LogP contribution >= 0.6 is 23.5 Å². The van der Waals surface area contributed by atoms with E-state index in [1.54, 1.807) is 41.5 Å². The largest absolute Gasteiger partial charge is 0.391 e. The second kappa shape index (κ2) is 20.0. The lowest BCUT2D eigenvalue weighted by molar-refractivity contribution is -0.144. The highest BCUT2D eigenvalue weighted by Gasteiger charge is 2.44. The summed E-state index contributed by atoms with van der Waals surface area (Å²) in [7, 11) is 0. The number of hydrogen-bond acceptors (Lipinski definition) is 12. The molecule has 0 aromatic carbocycles. The Balaban J connectivity index is 2.07. The summed E-state index contributed by atoms with van der Waals surface area (Å²) >= 11 is 2.58. The number of hydrogen-bond donors (Lipinski definition) is 8. The third-order valence-corrected chi connectivity index (χ3v) is 12.1. The quantitative estimate of drug-likeness (QED) is 0.143. The van der Waals surface area contributed by atoms with E-state index in [1.165, 1.54) is 54.1 Å². The second-order valence-corrected chi connectivity index (χ2v) is 17.2. The number of carbonyl (C=O) groups is 8. The smallest absolute Gasteiger partial charge is 0.246 e. The number of thioether (sulfide) groups is 2. The first-order valence-corrected chi connectivity index (χ1v) is 21.0. The minimum atomic E-state index is -1.54. The number of fused-ring (bicyclic) bond motifs is 2. The average molecular weight is 815 g/mol. The van der Waals surface area contributed by atoms with Gasteiger partial charge in [-0.25, -0.2) is 0 Å². The van der Waals surface area contributed by atoms with Crippen molar-refractivity contribution in [3.05, 3.63) is 0 Å². The van der Waals surface area contributed by atoms with E-state index in [9.17, 15) is 48.6 Å². The maximum Gasteiger partial charge on any atom is 0.246 e. The van der Waals surface area contributed by atoms with Crippen LogP contribution < -0.4 is 31.9 Å². The van der Waals surface area contributed by atoms with Crippen molar-refractivity contribution in [3.63, 3.8) is 0 Å². The molecular weight excluding hydrogens is 757 g/mol. The van der Waals surface area contributed by atoms with E-state index in [2.05, 4.69) is 31.9 Å². The number of aliphatic hydroxyl groups is 2. The first-order valence-electron chi connectivity index (χ1n) is 18.7. The molecular formula is C35H58N8O10S2. The molecule has 0 bridgehead atoms. The highest BCUT2D eigenvalue weighted by Crippen LogP contribution is 2.25. The summed E-state index contributed by atoms with van der Waals surface area (Å²) in [5.41, 5.74) is 0. The predicted octanol–water partition coefficient (Wildman–Crippen LogP) is -2.15. The number of nitrogens with zero attached hydrogens (tertiary/aromatic N) is 2. The molecule has 11 atom stereocenters. The molecule has 8 N–H and O–H groups in total. The molecule has 55 heavy (non-hydrogen) atoms. The van der Waals surface area contributed by atoms with Gasteiger partial charge in [-0.05, 0) is 38.5 Å². The minimum Gasteiger partial charge on any atom is -0.391 e. The van der Waals surface area contributed by atoms with Crippen LogP contribution in [0.5, 0.6) is 0 Å². The highest BCUT2D eigenvalue weighted by atomic mass is 32.2. The van der Waals surface area contributed by atoms with Crippen molar-refractivity contribution in [2.75, 3.05) is 23.3 Å². The fourth-order valence-electron chi connectivity index (χ4n) is 6.28. The molecule has 0 spiro atoms. The van der Waals surface area contributed by atoms with Gasteiger partial charge in [0, 0.05) is 11.5 Å². The van der Waals surface area contributed by atoms with Gasteiger partial charge in [0.2, 0.25) is 47.3 Å². The monoisotopic (exact) mass is 814 g/mol. The van der Waals surface area contributed by atoms with Crippen LogP contribution in [-0.4, -0.2) is 151 Å². The van der Waals surface area contributed by atoms with Crippen molar-refractivity contribution in [1.82, 2.24) is 41.7 Å². The van der Waals surface area contributed by atoms with E-state index in [1.807, 2.05) is 0 Å². The molecule has 0 aliphatic carbocycles. The fourth-order valence-corrected chi connectivity index (χ4v) is 8.61. The molecule has 3 heterocycles. The van der Waals surface area contributed by atoms with Crippen molar-refractivity contribution < 1.29 is 48.6 Å². The summed E-state index contributed by atoms with van der Waals surface area (Å²) in [5.74, 6) is -6.73. The molecule has 0 unspecified atom stereocenters. The Morgan fingerprint density at radius 3 is 1.27 bits per heavy atom. The highest BCUT2D eigenvalue weighted by molar-refractivity contribution is 7.99. The van der Waals surface area contributed by atoms with Crippen molar-refractivity contribution in [2.24, 2.45) is 17.8 Å². The predicted molar refractivity (Wildman–Crippen MR) is 206 cm³/mol. The molecule has 20 heteroatoms. The Morgan fingerprint density at radius 2 is 0.891 bits per heavy atom. The van der Waals surface area contributed by atoms with Crippen LogP contribution in [0, 0.1) is 17.8 Å². The topological polar surface area (TPSA) is 256 Å². The molecule has 0 aromatic rings. The number of aliphatic hydroxyl groups excluding tert-OH is 2. The first-order chi connectivity index (χ1) is 25.7. The summed E-state index contributed by atoms with van der Waals surface area (Å²) in [6.07, 6.45) is -2.42. The normalized spacial score (nSPS) is 31.7. The molecule has 0 radical (unpaired) electrons. The Labute approximate surface area is 330 Å². The Bertz CT molecular complexity index is 1460. The van der Waals surface area contributed by atoms with Gasteiger partial charge in [0.05, 0.1) is 24.0 Å². The summed E-state index contributed by atoms with van der Waals surface area (Å²) in [6.45, 7) is 14.2. The van der Waals surface area contributed by atoms with Gasteiger partial charge in [-0.1, -0.05) is 48.0 Å². The van der Waals surface area contributed by atoms with Crippen LogP contribution in [0.1, 0.15) is 68.7 Å². The van der Waals surface area contributed by atoms with Gasteiger partial charge in [-0.15, -0.1) is 23.5 Å². The van der Waals surface area contributed by atoms with Crippen molar-refractivity contribution >= 4 is 70.8 Å². The fraction of sp³-hybridized carbons (Fsp3) is 0.771. The van der Waals surface area contributed by atoms with Crippen molar-refractivity contribution in [1.29, 1.82) is 0 Å². The third-order valence-electron chi connectivity index (χ3n) is 10.1. The molecule has 3 aliphatic heterocycles. The maximum absolute atomic E-state index is 14.0. The molecule has 0 saturated carbocycles. The number of amides is 8. The molecule has 3 saturated heterocycles. The molecule has 3 aliphatic rings. The number of carbonyl (C=O) groups excluding carboxylic acids is 8. The van der Waals surface area contributed by atoms with Crippen LogP contribution in [0.3, 0.4) is 0 Å². The molecule has 310 valence electrons. The molecule has 18 nitrogen and oxygen atoms in total. The zero-order valence-electron chi connectivity index (χ0n) is 32.9. The molecule has 0 aromatic heterocycles. The van der Waals surface area contributed by atoms with Crippen molar-refractivity contribution in [2.45, 2.75) is 129 Å². The maximum atomic E-state index is 14.0.